The molecule has 8 heteroatoms. The van der Waals surface area contributed by atoms with Crippen LogP contribution in [0.2, 0.25) is 5.02 Å². The number of benzene rings is 2. The second kappa shape index (κ2) is 7.44. The molecule has 6 nitrogen and oxygen atoms in total. The van der Waals surface area contributed by atoms with Crippen LogP contribution in [0.5, 0.6) is 11.5 Å². The fourth-order valence-electron chi connectivity index (χ4n) is 2.37. The highest BCUT2D eigenvalue weighted by Crippen LogP contribution is 2.33. The number of nitrogens with one attached hydrogen (secondary N) is 2. The molecule has 0 radical (unpaired) electrons. The zero-order chi connectivity index (χ0) is 19.6. The molecule has 3 rings (SSSR count). The van der Waals surface area contributed by atoms with Gasteiger partial charge in [0.05, 0.1) is 5.02 Å². The van der Waals surface area contributed by atoms with E-state index in [4.69, 9.17) is 21.1 Å². The number of hydrogen-bond acceptors (Lipinski definition) is 4. The van der Waals surface area contributed by atoms with E-state index in [1.807, 2.05) is 0 Å². The van der Waals surface area contributed by atoms with E-state index >= 15 is 0 Å². The largest absolute Gasteiger partial charge is 0.486 e. The summed E-state index contributed by atoms with van der Waals surface area (Å²) in [5.74, 6) is -0.526. The molecular formula is C19H18ClFN2O4. The van der Waals surface area contributed by atoms with E-state index in [9.17, 15) is 14.0 Å². The quantitative estimate of drug-likeness (QED) is 0.775. The highest BCUT2D eigenvalue weighted by molar-refractivity contribution is 6.31. The van der Waals surface area contributed by atoms with Crippen molar-refractivity contribution in [2.24, 2.45) is 5.41 Å². The predicted octanol–water partition coefficient (Wildman–Crippen LogP) is 3.85. The normalized spacial score (nSPS) is 13.0. The molecule has 2 N–H and O–H groups in total. The summed E-state index contributed by atoms with van der Waals surface area (Å²) in [7, 11) is 0. The average Bonchev–Trinajstić information content (AvgIpc) is 2.64. The maximum absolute atomic E-state index is 13.2. The Morgan fingerprint density at radius 2 is 1.52 bits per heavy atom. The van der Waals surface area contributed by atoms with Gasteiger partial charge in [-0.1, -0.05) is 11.6 Å². The molecule has 0 aromatic heterocycles. The molecule has 0 saturated heterocycles. The summed E-state index contributed by atoms with van der Waals surface area (Å²) >= 11 is 5.71. The number of anilines is 2. The molecule has 1 aliphatic heterocycles. The maximum Gasteiger partial charge on any atom is 0.239 e. The van der Waals surface area contributed by atoms with Crippen LogP contribution in [0.15, 0.2) is 36.4 Å². The SMILES string of the molecule is CC(C)(C(=O)Nc1ccc(F)c(Cl)c1)C(=O)Nc1ccc2c(c1)OCCO2. The van der Waals surface area contributed by atoms with Crippen LogP contribution < -0.4 is 20.1 Å². The van der Waals surface area contributed by atoms with E-state index < -0.39 is 23.0 Å². The minimum atomic E-state index is -1.39. The molecule has 1 aliphatic rings. The minimum Gasteiger partial charge on any atom is -0.486 e. The minimum absolute atomic E-state index is 0.119. The molecule has 0 bridgehead atoms. The summed E-state index contributed by atoms with van der Waals surface area (Å²) in [4.78, 5) is 25.2. The Balaban J connectivity index is 1.70. The van der Waals surface area contributed by atoms with E-state index in [0.717, 1.165) is 6.07 Å². The highest BCUT2D eigenvalue weighted by atomic mass is 35.5. The fraction of sp³-hybridized carbons (Fsp3) is 0.263. The zero-order valence-corrected chi connectivity index (χ0v) is 15.5. The summed E-state index contributed by atoms with van der Waals surface area (Å²) in [6.45, 7) is 3.87. The van der Waals surface area contributed by atoms with Gasteiger partial charge in [0.15, 0.2) is 11.5 Å². The van der Waals surface area contributed by atoms with Crippen LogP contribution in [0.3, 0.4) is 0 Å². The molecule has 0 aliphatic carbocycles. The Morgan fingerprint density at radius 3 is 2.15 bits per heavy atom. The number of halogens is 2. The van der Waals surface area contributed by atoms with Gasteiger partial charge in [0.1, 0.15) is 24.4 Å². The van der Waals surface area contributed by atoms with E-state index in [0.29, 0.717) is 36.1 Å². The Bertz CT molecular complexity index is 901. The lowest BCUT2D eigenvalue weighted by Gasteiger charge is -2.24. The summed E-state index contributed by atoms with van der Waals surface area (Å²) in [6, 6.07) is 8.79. The molecule has 27 heavy (non-hydrogen) atoms. The van der Waals surface area contributed by atoms with E-state index in [-0.39, 0.29) is 5.02 Å². The van der Waals surface area contributed by atoms with Crippen molar-refractivity contribution in [3.8, 4) is 11.5 Å². The van der Waals surface area contributed by atoms with Crippen molar-refractivity contribution in [2.45, 2.75) is 13.8 Å². The first kappa shape index (κ1) is 19.0. The summed E-state index contributed by atoms with van der Waals surface area (Å²) in [6.07, 6.45) is 0. The Labute approximate surface area is 160 Å². The van der Waals surface area contributed by atoms with Gasteiger partial charge in [0, 0.05) is 17.4 Å². The van der Waals surface area contributed by atoms with Gasteiger partial charge in [-0.15, -0.1) is 0 Å². The van der Waals surface area contributed by atoms with Crippen molar-refractivity contribution in [2.75, 3.05) is 23.8 Å². The smallest absolute Gasteiger partial charge is 0.239 e. The number of amides is 2. The Hall–Kier alpha value is -2.80. The third-order valence-corrected chi connectivity index (χ3v) is 4.40. The monoisotopic (exact) mass is 392 g/mol. The second-order valence-corrected chi connectivity index (χ2v) is 6.93. The lowest BCUT2D eigenvalue weighted by Crippen LogP contribution is -2.41. The number of ether oxygens (including phenoxy) is 2. The van der Waals surface area contributed by atoms with Gasteiger partial charge in [-0.2, -0.15) is 0 Å². The van der Waals surface area contributed by atoms with Crippen molar-refractivity contribution in [3.05, 3.63) is 47.2 Å². The van der Waals surface area contributed by atoms with Crippen LogP contribution in [0.4, 0.5) is 15.8 Å². The maximum atomic E-state index is 13.2. The summed E-state index contributed by atoms with van der Waals surface area (Å²) in [5.41, 5.74) is -0.616. The molecule has 2 aromatic rings. The Kier molecular flexibility index (Phi) is 5.23. The molecule has 142 valence electrons. The van der Waals surface area contributed by atoms with Gasteiger partial charge in [0.25, 0.3) is 0 Å². The number of carbonyl (C=O) groups excluding carboxylic acids is 2. The molecule has 0 fully saturated rings. The van der Waals surface area contributed by atoms with Gasteiger partial charge in [-0.25, -0.2) is 4.39 Å². The van der Waals surface area contributed by atoms with Gasteiger partial charge >= 0.3 is 0 Å². The van der Waals surface area contributed by atoms with Crippen molar-refractivity contribution in [1.29, 1.82) is 0 Å². The van der Waals surface area contributed by atoms with Crippen molar-refractivity contribution >= 4 is 34.8 Å². The van der Waals surface area contributed by atoms with Crippen LogP contribution in [-0.4, -0.2) is 25.0 Å². The fourth-order valence-corrected chi connectivity index (χ4v) is 2.55. The zero-order valence-electron chi connectivity index (χ0n) is 14.8. The molecular weight excluding hydrogens is 375 g/mol. The number of fused-ring (bicyclic) bond motifs is 1. The standard InChI is InChI=1S/C19H18ClFN2O4/c1-19(2,17(24)22-11-3-5-14(21)13(20)9-11)18(25)23-12-4-6-15-16(10-12)27-8-7-26-15/h3-6,9-10H,7-8H2,1-2H3,(H,22,24)(H,23,25). The molecule has 0 saturated carbocycles. The van der Waals surface area contributed by atoms with Gasteiger partial charge in [0.2, 0.25) is 11.8 Å². The van der Waals surface area contributed by atoms with E-state index in [2.05, 4.69) is 10.6 Å². The first-order valence-corrected chi connectivity index (χ1v) is 8.63. The second-order valence-electron chi connectivity index (χ2n) is 6.52. The molecule has 0 spiro atoms. The third-order valence-electron chi connectivity index (χ3n) is 4.11. The first-order valence-electron chi connectivity index (χ1n) is 8.25. The van der Waals surface area contributed by atoms with E-state index in [1.54, 1.807) is 18.2 Å². The van der Waals surface area contributed by atoms with Gasteiger partial charge in [-0.05, 0) is 44.2 Å². The highest BCUT2D eigenvalue weighted by Gasteiger charge is 2.36. The molecule has 1 heterocycles. The molecule has 0 atom stereocenters. The molecule has 0 unspecified atom stereocenters. The Morgan fingerprint density at radius 1 is 0.963 bits per heavy atom. The lowest BCUT2D eigenvalue weighted by atomic mass is 9.90. The third kappa shape index (κ3) is 4.14. The summed E-state index contributed by atoms with van der Waals surface area (Å²) < 4.78 is 24.1. The van der Waals surface area contributed by atoms with Crippen LogP contribution in [-0.2, 0) is 9.59 Å². The lowest BCUT2D eigenvalue weighted by molar-refractivity contribution is -0.135. The van der Waals surface area contributed by atoms with Crippen molar-refractivity contribution in [3.63, 3.8) is 0 Å². The molecule has 2 amide bonds. The van der Waals surface area contributed by atoms with Crippen LogP contribution in [0.1, 0.15) is 13.8 Å². The topological polar surface area (TPSA) is 76.7 Å². The number of rotatable bonds is 4. The molecule has 2 aromatic carbocycles. The van der Waals surface area contributed by atoms with Crippen molar-refractivity contribution < 1.29 is 23.5 Å². The van der Waals surface area contributed by atoms with Crippen LogP contribution in [0.25, 0.3) is 0 Å². The van der Waals surface area contributed by atoms with Gasteiger partial charge in [-0.3, -0.25) is 9.59 Å². The summed E-state index contributed by atoms with van der Waals surface area (Å²) in [5, 5.41) is 5.15. The van der Waals surface area contributed by atoms with Crippen molar-refractivity contribution in [1.82, 2.24) is 0 Å². The van der Waals surface area contributed by atoms with Crippen LogP contribution in [0, 0.1) is 11.2 Å². The number of carbonyl (C=O) groups is 2. The first-order chi connectivity index (χ1) is 12.8. The van der Waals surface area contributed by atoms with Gasteiger partial charge < -0.3 is 20.1 Å². The average molecular weight is 393 g/mol. The number of hydrogen-bond donors (Lipinski definition) is 2. The van der Waals surface area contributed by atoms with E-state index in [1.165, 1.54) is 26.0 Å². The van der Waals surface area contributed by atoms with Crippen LogP contribution >= 0.6 is 11.6 Å². The predicted molar refractivity (Wildman–Crippen MR) is 99.9 cm³/mol.